The molecule has 0 aromatic heterocycles. The standard InChI is InChI=1S/C15H21ClN4O2/c1-11-10-12(16)2-3-13(11)18-14(21)15(22)20-8-6-19(5-4-17)7-9-20/h2-3,10H,4-9,17H2,1H3,(H,18,21). The molecule has 22 heavy (non-hydrogen) atoms. The van der Waals surface area contributed by atoms with Crippen LogP contribution in [0.3, 0.4) is 0 Å². The summed E-state index contributed by atoms with van der Waals surface area (Å²) in [6.07, 6.45) is 0. The fourth-order valence-corrected chi connectivity index (χ4v) is 2.67. The summed E-state index contributed by atoms with van der Waals surface area (Å²) in [6, 6.07) is 5.12. The molecule has 0 aliphatic carbocycles. The molecule has 6 nitrogen and oxygen atoms in total. The van der Waals surface area contributed by atoms with E-state index in [1.165, 1.54) is 0 Å². The van der Waals surface area contributed by atoms with Gasteiger partial charge < -0.3 is 16.0 Å². The topological polar surface area (TPSA) is 78.7 Å². The minimum absolute atomic E-state index is 0.498. The molecule has 1 aliphatic rings. The van der Waals surface area contributed by atoms with E-state index in [9.17, 15) is 9.59 Å². The van der Waals surface area contributed by atoms with E-state index in [-0.39, 0.29) is 0 Å². The second-order valence-electron chi connectivity index (χ2n) is 5.34. The third kappa shape index (κ3) is 4.19. The van der Waals surface area contributed by atoms with Crippen LogP contribution in [-0.2, 0) is 9.59 Å². The number of rotatable bonds is 3. The molecule has 7 heteroatoms. The highest BCUT2D eigenvalue weighted by atomic mass is 35.5. The first-order valence-corrected chi connectivity index (χ1v) is 7.68. The van der Waals surface area contributed by atoms with Gasteiger partial charge >= 0.3 is 11.8 Å². The van der Waals surface area contributed by atoms with Crippen molar-refractivity contribution >= 4 is 29.1 Å². The molecule has 0 radical (unpaired) electrons. The van der Waals surface area contributed by atoms with Crippen LogP contribution in [-0.4, -0.2) is 60.9 Å². The molecule has 3 N–H and O–H groups in total. The van der Waals surface area contributed by atoms with Crippen LogP contribution in [0, 0.1) is 6.92 Å². The van der Waals surface area contributed by atoms with Crippen molar-refractivity contribution in [3.05, 3.63) is 28.8 Å². The number of hydrogen-bond donors (Lipinski definition) is 2. The van der Waals surface area contributed by atoms with Crippen molar-refractivity contribution in [2.24, 2.45) is 5.73 Å². The maximum Gasteiger partial charge on any atom is 0.313 e. The van der Waals surface area contributed by atoms with Crippen molar-refractivity contribution < 1.29 is 9.59 Å². The number of carbonyl (C=O) groups excluding carboxylic acids is 2. The molecule has 1 aromatic carbocycles. The minimum Gasteiger partial charge on any atom is -0.332 e. The van der Waals surface area contributed by atoms with E-state index in [1.54, 1.807) is 23.1 Å². The van der Waals surface area contributed by atoms with Gasteiger partial charge in [0.05, 0.1) is 0 Å². The highest BCUT2D eigenvalue weighted by molar-refractivity contribution is 6.39. The number of anilines is 1. The molecule has 1 fully saturated rings. The van der Waals surface area contributed by atoms with E-state index in [1.807, 2.05) is 6.92 Å². The number of nitrogens with zero attached hydrogens (tertiary/aromatic N) is 2. The molecule has 2 rings (SSSR count). The Kier molecular flexibility index (Phi) is 5.76. The minimum atomic E-state index is -0.613. The van der Waals surface area contributed by atoms with Crippen LogP contribution in [0.15, 0.2) is 18.2 Å². The van der Waals surface area contributed by atoms with E-state index >= 15 is 0 Å². The van der Waals surface area contributed by atoms with Gasteiger partial charge in [0.25, 0.3) is 0 Å². The highest BCUT2D eigenvalue weighted by Gasteiger charge is 2.25. The first-order valence-electron chi connectivity index (χ1n) is 7.30. The lowest BCUT2D eigenvalue weighted by Crippen LogP contribution is -2.52. The van der Waals surface area contributed by atoms with Gasteiger partial charge in [-0.2, -0.15) is 0 Å². The number of benzene rings is 1. The maximum absolute atomic E-state index is 12.2. The summed E-state index contributed by atoms with van der Waals surface area (Å²) in [7, 11) is 0. The zero-order valence-corrected chi connectivity index (χ0v) is 13.4. The SMILES string of the molecule is Cc1cc(Cl)ccc1NC(=O)C(=O)N1CCN(CCN)CC1. The summed E-state index contributed by atoms with van der Waals surface area (Å²) in [4.78, 5) is 28.0. The molecule has 0 atom stereocenters. The molecule has 1 aromatic rings. The Labute approximate surface area is 135 Å². The van der Waals surface area contributed by atoms with Crippen LogP contribution in [0.4, 0.5) is 5.69 Å². The van der Waals surface area contributed by atoms with E-state index in [4.69, 9.17) is 17.3 Å². The summed E-state index contributed by atoms with van der Waals surface area (Å²) >= 11 is 5.88. The third-order valence-electron chi connectivity index (χ3n) is 3.74. The second-order valence-corrected chi connectivity index (χ2v) is 5.77. The predicted octanol–water partition coefficient (Wildman–Crippen LogP) is 0.690. The van der Waals surface area contributed by atoms with Crippen molar-refractivity contribution in [1.82, 2.24) is 9.80 Å². The molecule has 0 unspecified atom stereocenters. The number of hydrogen-bond acceptors (Lipinski definition) is 4. The molecule has 120 valence electrons. The monoisotopic (exact) mass is 324 g/mol. The number of halogens is 1. The average Bonchev–Trinajstić information content (AvgIpc) is 2.50. The Morgan fingerprint density at radius 2 is 1.95 bits per heavy atom. The van der Waals surface area contributed by atoms with Crippen molar-refractivity contribution in [3.8, 4) is 0 Å². The van der Waals surface area contributed by atoms with E-state index in [2.05, 4.69) is 10.2 Å². The lowest BCUT2D eigenvalue weighted by Gasteiger charge is -2.34. The van der Waals surface area contributed by atoms with Crippen LogP contribution < -0.4 is 11.1 Å². The highest BCUT2D eigenvalue weighted by Crippen LogP contribution is 2.19. The number of amides is 2. The van der Waals surface area contributed by atoms with Gasteiger partial charge in [-0.05, 0) is 30.7 Å². The van der Waals surface area contributed by atoms with Crippen molar-refractivity contribution in [2.45, 2.75) is 6.92 Å². The Morgan fingerprint density at radius 1 is 1.27 bits per heavy atom. The number of piperazine rings is 1. The summed E-state index contributed by atoms with van der Waals surface area (Å²) < 4.78 is 0. The van der Waals surface area contributed by atoms with Crippen molar-refractivity contribution in [2.75, 3.05) is 44.6 Å². The largest absolute Gasteiger partial charge is 0.332 e. The molecule has 0 spiro atoms. The summed E-state index contributed by atoms with van der Waals surface area (Å²) in [5, 5.41) is 3.24. The normalized spacial score (nSPS) is 15.7. The Bertz CT molecular complexity index is 556. The fourth-order valence-electron chi connectivity index (χ4n) is 2.44. The number of nitrogens with two attached hydrogens (primary N) is 1. The predicted molar refractivity (Wildman–Crippen MR) is 86.9 cm³/mol. The lowest BCUT2D eigenvalue weighted by molar-refractivity contribution is -0.144. The zero-order valence-electron chi connectivity index (χ0n) is 12.6. The maximum atomic E-state index is 12.2. The van der Waals surface area contributed by atoms with Crippen LogP contribution in [0.2, 0.25) is 5.02 Å². The van der Waals surface area contributed by atoms with Gasteiger partial charge in [-0.15, -0.1) is 0 Å². The Morgan fingerprint density at radius 3 is 2.55 bits per heavy atom. The number of aryl methyl sites for hydroxylation is 1. The first kappa shape index (κ1) is 16.7. The smallest absolute Gasteiger partial charge is 0.313 e. The second kappa shape index (κ2) is 7.58. The zero-order chi connectivity index (χ0) is 16.1. The van der Waals surface area contributed by atoms with Crippen LogP contribution in [0.1, 0.15) is 5.56 Å². The summed E-state index contributed by atoms with van der Waals surface area (Å²) in [5.74, 6) is -1.11. The van der Waals surface area contributed by atoms with Gasteiger partial charge in [-0.3, -0.25) is 14.5 Å². The number of carbonyl (C=O) groups is 2. The molecule has 0 saturated carbocycles. The summed E-state index contributed by atoms with van der Waals surface area (Å²) in [5.41, 5.74) is 6.94. The molecule has 2 amide bonds. The molecule has 1 aliphatic heterocycles. The van der Waals surface area contributed by atoms with Gasteiger partial charge in [-0.1, -0.05) is 11.6 Å². The first-order chi connectivity index (χ1) is 10.5. The molecule has 0 bridgehead atoms. The van der Waals surface area contributed by atoms with Gasteiger partial charge in [0.15, 0.2) is 0 Å². The number of nitrogens with one attached hydrogen (secondary N) is 1. The van der Waals surface area contributed by atoms with Crippen molar-refractivity contribution in [3.63, 3.8) is 0 Å². The molecular weight excluding hydrogens is 304 g/mol. The quantitative estimate of drug-likeness (QED) is 0.802. The third-order valence-corrected chi connectivity index (χ3v) is 3.97. The lowest BCUT2D eigenvalue weighted by atomic mass is 10.2. The fraction of sp³-hybridized carbons (Fsp3) is 0.467. The molecule has 1 saturated heterocycles. The van der Waals surface area contributed by atoms with E-state index in [0.29, 0.717) is 30.3 Å². The van der Waals surface area contributed by atoms with Gasteiger partial charge in [-0.25, -0.2) is 0 Å². The van der Waals surface area contributed by atoms with E-state index in [0.717, 1.165) is 25.2 Å². The van der Waals surface area contributed by atoms with Crippen LogP contribution in [0.25, 0.3) is 0 Å². The molecular formula is C15H21ClN4O2. The van der Waals surface area contributed by atoms with Gasteiger partial charge in [0, 0.05) is 50.0 Å². The average molecular weight is 325 g/mol. The van der Waals surface area contributed by atoms with E-state index < -0.39 is 11.8 Å². The van der Waals surface area contributed by atoms with Crippen LogP contribution in [0.5, 0.6) is 0 Å². The molecule has 1 heterocycles. The summed E-state index contributed by atoms with van der Waals surface area (Å²) in [6.45, 7) is 5.84. The van der Waals surface area contributed by atoms with Crippen molar-refractivity contribution in [1.29, 1.82) is 0 Å². The van der Waals surface area contributed by atoms with Gasteiger partial charge in [0.1, 0.15) is 0 Å². The van der Waals surface area contributed by atoms with Gasteiger partial charge in [0.2, 0.25) is 0 Å². The van der Waals surface area contributed by atoms with Crippen LogP contribution >= 0.6 is 11.6 Å². The Balaban J connectivity index is 1.91. The Hall–Kier alpha value is -1.63.